The van der Waals surface area contributed by atoms with E-state index in [2.05, 4.69) is 10.0 Å². The molecule has 1 N–H and O–H groups in total. The molecule has 1 fully saturated rings. The van der Waals surface area contributed by atoms with Gasteiger partial charge in [0.25, 0.3) is 11.8 Å². The predicted octanol–water partition coefficient (Wildman–Crippen LogP) is -0.267. The van der Waals surface area contributed by atoms with Crippen LogP contribution in [0.25, 0.3) is 0 Å². The van der Waals surface area contributed by atoms with Gasteiger partial charge in [0.15, 0.2) is 0 Å². The van der Waals surface area contributed by atoms with Crippen molar-refractivity contribution in [1.82, 2.24) is 9.97 Å². The van der Waals surface area contributed by atoms with Gasteiger partial charge in [-0.25, -0.2) is 4.79 Å². The highest BCUT2D eigenvalue weighted by Crippen LogP contribution is 2.12. The first-order chi connectivity index (χ1) is 25.1. The Morgan fingerprint density at radius 3 is 1.00 bits per heavy atom. The standard InChI is InChI=1S/C31H57N4O16/c32-34-33-4-6-40-8-10-42-12-14-44-16-18-46-20-22-48-24-26-50-28-27-49-25-23-47-21-19-45-17-15-43-13-11-41-9-7-39-5-3-31(38)51-35-29(36)1-2-30(35)37/h32H,1-28H2/q+1. The third-order valence-electron chi connectivity index (χ3n) is 6.15. The van der Waals surface area contributed by atoms with Crippen LogP contribution >= 0.6 is 0 Å². The lowest BCUT2D eigenvalue weighted by atomic mass is 10.4. The molecule has 1 heterocycles. The zero-order valence-electron chi connectivity index (χ0n) is 29.7. The third-order valence-corrected chi connectivity index (χ3v) is 6.15. The Morgan fingerprint density at radius 1 is 0.471 bits per heavy atom. The van der Waals surface area contributed by atoms with Crippen LogP contribution in [-0.2, 0) is 76.1 Å². The second-order valence-electron chi connectivity index (χ2n) is 10.1. The zero-order valence-corrected chi connectivity index (χ0v) is 29.7. The Bertz CT molecular complexity index is 884. The van der Waals surface area contributed by atoms with Crippen molar-refractivity contribution in [2.24, 2.45) is 5.11 Å². The molecule has 0 aromatic heterocycles. The fourth-order valence-corrected chi connectivity index (χ4v) is 3.64. The summed E-state index contributed by atoms with van der Waals surface area (Å²) in [5, 5.41) is 4.00. The summed E-state index contributed by atoms with van der Waals surface area (Å²) in [5.74, 6) is -1.73. The molecule has 0 radical (unpaired) electrons. The van der Waals surface area contributed by atoms with E-state index in [1.54, 1.807) is 0 Å². The second kappa shape index (κ2) is 37.2. The number of hydrogen-bond acceptors (Lipinski definition) is 18. The lowest BCUT2D eigenvalue weighted by molar-refractivity contribution is -0.198. The molecular formula is C31H57N4O16+. The molecule has 2 amide bonds. The molecule has 0 aliphatic carbocycles. The molecule has 296 valence electrons. The molecule has 0 aromatic rings. The molecule has 0 bridgehead atoms. The van der Waals surface area contributed by atoms with Crippen LogP contribution in [0, 0.1) is 5.53 Å². The number of hydroxylamine groups is 2. The lowest BCUT2D eigenvalue weighted by Gasteiger charge is -2.12. The fourth-order valence-electron chi connectivity index (χ4n) is 3.64. The molecule has 51 heavy (non-hydrogen) atoms. The maximum absolute atomic E-state index is 11.6. The van der Waals surface area contributed by atoms with Crippen molar-refractivity contribution in [2.75, 3.05) is 165 Å². The maximum Gasteiger partial charge on any atom is 0.335 e. The Kier molecular flexibility index (Phi) is 33.9. The second-order valence-corrected chi connectivity index (χ2v) is 10.1. The minimum Gasteiger partial charge on any atom is -0.378 e. The van der Waals surface area contributed by atoms with Crippen LogP contribution < -0.4 is 4.91 Å². The van der Waals surface area contributed by atoms with E-state index in [1.165, 1.54) is 0 Å². The van der Waals surface area contributed by atoms with Gasteiger partial charge in [0.05, 0.1) is 165 Å². The van der Waals surface area contributed by atoms with Gasteiger partial charge >= 0.3 is 5.97 Å². The van der Waals surface area contributed by atoms with Gasteiger partial charge in [0, 0.05) is 12.8 Å². The average Bonchev–Trinajstić information content (AvgIpc) is 3.44. The molecular weight excluding hydrogens is 684 g/mol. The summed E-state index contributed by atoms with van der Waals surface area (Å²) in [5.41, 5.74) is 6.51. The van der Waals surface area contributed by atoms with E-state index in [4.69, 9.17) is 67.2 Å². The van der Waals surface area contributed by atoms with E-state index in [9.17, 15) is 14.4 Å². The van der Waals surface area contributed by atoms with Crippen molar-refractivity contribution in [3.05, 3.63) is 0 Å². The molecule has 0 unspecified atom stereocenters. The van der Waals surface area contributed by atoms with Crippen molar-refractivity contribution in [2.45, 2.75) is 19.3 Å². The van der Waals surface area contributed by atoms with Crippen molar-refractivity contribution in [3.63, 3.8) is 0 Å². The Balaban J connectivity index is 1.64. The van der Waals surface area contributed by atoms with E-state index in [0.717, 1.165) is 0 Å². The number of imide groups is 1. The Morgan fingerprint density at radius 2 is 0.725 bits per heavy atom. The number of hydrogen-bond donors (Lipinski definition) is 1. The average molecular weight is 742 g/mol. The minimum absolute atomic E-state index is 0.0566. The van der Waals surface area contributed by atoms with Crippen LogP contribution in [0.4, 0.5) is 0 Å². The number of nitrogens with one attached hydrogen (secondary N) is 1. The number of rotatable bonds is 40. The third kappa shape index (κ3) is 31.9. The van der Waals surface area contributed by atoms with Gasteiger partial charge in [-0.15, -0.1) is 5.06 Å². The van der Waals surface area contributed by atoms with Gasteiger partial charge in [0.1, 0.15) is 17.2 Å². The number of carbonyl (C=O) groups is 3. The fraction of sp³-hybridized carbons (Fsp3) is 0.903. The van der Waals surface area contributed by atoms with Crippen LogP contribution in [0.1, 0.15) is 19.3 Å². The lowest BCUT2D eigenvalue weighted by Crippen LogP contribution is -2.32. The molecule has 0 atom stereocenters. The summed E-state index contributed by atoms with van der Waals surface area (Å²) in [6.45, 7) is 10.8. The first-order valence-corrected chi connectivity index (χ1v) is 17.2. The van der Waals surface area contributed by atoms with Gasteiger partial charge in [-0.05, 0) is 0 Å². The molecule has 0 aromatic carbocycles. The first-order valence-electron chi connectivity index (χ1n) is 17.2. The zero-order chi connectivity index (χ0) is 36.7. The Labute approximate surface area is 298 Å². The SMILES string of the molecule is N=[N+]=NCCOCCOCCOCCOCCOCCOCCOCCOCCOCCOCCOCCOCCC(=O)ON1C(=O)CCC1=O. The van der Waals surface area contributed by atoms with Gasteiger partial charge in [-0.2, -0.15) is 0 Å². The van der Waals surface area contributed by atoms with E-state index < -0.39 is 17.8 Å². The van der Waals surface area contributed by atoms with Crippen LogP contribution in [0.2, 0.25) is 0 Å². The molecule has 20 nitrogen and oxygen atoms in total. The summed E-state index contributed by atoms with van der Waals surface area (Å²) in [7, 11) is 0. The van der Waals surface area contributed by atoms with Gasteiger partial charge < -0.3 is 61.7 Å². The van der Waals surface area contributed by atoms with E-state index in [1.807, 2.05) is 0 Å². The molecule has 1 aliphatic heterocycles. The van der Waals surface area contributed by atoms with Gasteiger partial charge in [0.2, 0.25) is 4.91 Å². The van der Waals surface area contributed by atoms with Crippen molar-refractivity contribution in [1.29, 1.82) is 5.53 Å². The summed E-state index contributed by atoms with van der Waals surface area (Å²) in [4.78, 5) is 42.1. The highest BCUT2D eigenvalue weighted by Gasteiger charge is 2.32. The highest BCUT2D eigenvalue weighted by atomic mass is 16.7. The minimum atomic E-state index is -0.702. The molecule has 1 saturated heterocycles. The monoisotopic (exact) mass is 741 g/mol. The molecule has 1 rings (SSSR count). The summed E-state index contributed by atoms with van der Waals surface area (Å²) in [6, 6.07) is 0. The quantitative estimate of drug-likeness (QED) is 0.0369. The Hall–Kier alpha value is -2.56. The van der Waals surface area contributed by atoms with Gasteiger partial charge in [-0.3, -0.25) is 9.59 Å². The van der Waals surface area contributed by atoms with E-state index in [-0.39, 0.29) is 32.5 Å². The normalized spacial score (nSPS) is 12.9. The maximum atomic E-state index is 11.6. The topological polar surface area (TPSA) is 225 Å². The van der Waals surface area contributed by atoms with Crippen LogP contribution in [-0.4, -0.2) is 188 Å². The van der Waals surface area contributed by atoms with Crippen LogP contribution in [0.3, 0.4) is 0 Å². The first kappa shape index (κ1) is 46.5. The summed E-state index contributed by atoms with van der Waals surface area (Å²) < 4.78 is 64.8. The molecule has 0 spiro atoms. The highest BCUT2D eigenvalue weighted by molar-refractivity contribution is 6.01. The van der Waals surface area contributed by atoms with Crippen molar-refractivity contribution >= 4 is 17.8 Å². The van der Waals surface area contributed by atoms with Crippen molar-refractivity contribution in [3.8, 4) is 0 Å². The summed E-state index contributed by atoms with van der Waals surface area (Å²) in [6.07, 6.45) is 0.0363. The van der Waals surface area contributed by atoms with E-state index in [0.29, 0.717) is 157 Å². The van der Waals surface area contributed by atoms with Gasteiger partial charge in [-0.1, -0.05) is 0 Å². The smallest absolute Gasteiger partial charge is 0.335 e. The van der Waals surface area contributed by atoms with E-state index >= 15 is 0 Å². The molecule has 0 saturated carbocycles. The largest absolute Gasteiger partial charge is 0.378 e. The number of amides is 2. The van der Waals surface area contributed by atoms with Crippen molar-refractivity contribution < 1.29 is 76.1 Å². The number of ether oxygens (including phenoxy) is 12. The number of nitrogens with zero attached hydrogens (tertiary/aromatic N) is 3. The molecule has 1 aliphatic rings. The predicted molar refractivity (Wildman–Crippen MR) is 174 cm³/mol. The summed E-state index contributed by atoms with van der Waals surface area (Å²) >= 11 is 0. The van der Waals surface area contributed by atoms with Crippen LogP contribution in [0.5, 0.6) is 0 Å². The molecule has 20 heteroatoms. The van der Waals surface area contributed by atoms with Crippen LogP contribution in [0.15, 0.2) is 5.11 Å². The number of carbonyl (C=O) groups excluding carboxylic acids is 3.